The van der Waals surface area contributed by atoms with E-state index in [-0.39, 0.29) is 5.97 Å². The first-order chi connectivity index (χ1) is 6.63. The largest absolute Gasteiger partial charge is 0.434 e. The molecule has 1 rings (SSSR count). The van der Waals surface area contributed by atoms with Crippen LogP contribution in [0.15, 0.2) is 16.7 Å². The van der Waals surface area contributed by atoms with Gasteiger partial charge in [0.05, 0.1) is 6.26 Å². The molecule has 14 heavy (non-hydrogen) atoms. The summed E-state index contributed by atoms with van der Waals surface area (Å²) < 4.78 is 10.1. The fourth-order valence-electron chi connectivity index (χ4n) is 1.18. The van der Waals surface area contributed by atoms with E-state index >= 15 is 0 Å². The van der Waals surface area contributed by atoms with Crippen molar-refractivity contribution in [2.45, 2.75) is 33.6 Å². The lowest BCUT2D eigenvalue weighted by Gasteiger charge is -2.04. The van der Waals surface area contributed by atoms with Gasteiger partial charge in [0.15, 0.2) is 0 Å². The molecule has 0 aliphatic rings. The molecule has 3 nitrogen and oxygen atoms in total. The fraction of sp³-hybridized carbons (Fsp3) is 0.545. The Morgan fingerprint density at radius 2 is 2.29 bits per heavy atom. The highest BCUT2D eigenvalue weighted by molar-refractivity contribution is 5.71. The van der Waals surface area contributed by atoms with Crippen molar-refractivity contribution in [2.24, 2.45) is 5.92 Å². The first-order valence-electron chi connectivity index (χ1n) is 4.90. The van der Waals surface area contributed by atoms with Crippen molar-refractivity contribution in [2.75, 3.05) is 0 Å². The molecule has 0 spiro atoms. The van der Waals surface area contributed by atoms with Crippen LogP contribution in [0, 0.1) is 5.92 Å². The zero-order chi connectivity index (χ0) is 10.6. The minimum Gasteiger partial charge on any atom is -0.434 e. The topological polar surface area (TPSA) is 39.4 Å². The van der Waals surface area contributed by atoms with Gasteiger partial charge in [-0.1, -0.05) is 20.8 Å². The van der Waals surface area contributed by atoms with Crippen molar-refractivity contribution < 1.29 is 13.9 Å². The molecule has 0 amide bonds. The third-order valence-corrected chi connectivity index (χ3v) is 1.83. The van der Waals surface area contributed by atoms with Crippen LogP contribution in [0.1, 0.15) is 32.8 Å². The highest BCUT2D eigenvalue weighted by atomic mass is 16.6. The second-order valence-corrected chi connectivity index (χ2v) is 3.66. The van der Waals surface area contributed by atoms with Crippen LogP contribution in [-0.4, -0.2) is 5.97 Å². The molecule has 0 saturated carbocycles. The number of furan rings is 1. The fourth-order valence-corrected chi connectivity index (χ4v) is 1.18. The number of rotatable bonds is 4. The normalized spacial score (nSPS) is 10.6. The molecule has 0 N–H and O–H groups in total. The van der Waals surface area contributed by atoms with Crippen LogP contribution in [0.4, 0.5) is 0 Å². The Morgan fingerprint density at radius 1 is 1.57 bits per heavy atom. The van der Waals surface area contributed by atoms with E-state index in [1.165, 1.54) is 0 Å². The standard InChI is InChI=1S/C11H16O3/c1-4-10(12)14-11-9(5-6-13-11)7-8(2)3/h5-6,8H,4,7H2,1-3H3. The lowest BCUT2D eigenvalue weighted by atomic mass is 10.1. The minimum atomic E-state index is -0.259. The summed E-state index contributed by atoms with van der Waals surface area (Å²) in [4.78, 5) is 11.0. The molecule has 0 saturated heterocycles. The van der Waals surface area contributed by atoms with Crippen LogP contribution in [0.3, 0.4) is 0 Å². The van der Waals surface area contributed by atoms with Crippen LogP contribution >= 0.6 is 0 Å². The molecule has 0 aliphatic heterocycles. The van der Waals surface area contributed by atoms with Gasteiger partial charge in [-0.15, -0.1) is 0 Å². The van der Waals surface area contributed by atoms with Crippen molar-refractivity contribution in [1.29, 1.82) is 0 Å². The van der Waals surface area contributed by atoms with Crippen molar-refractivity contribution in [3.63, 3.8) is 0 Å². The van der Waals surface area contributed by atoms with E-state index in [1.54, 1.807) is 13.2 Å². The van der Waals surface area contributed by atoms with Crippen molar-refractivity contribution in [3.05, 3.63) is 17.9 Å². The van der Waals surface area contributed by atoms with Crippen LogP contribution in [0.2, 0.25) is 0 Å². The van der Waals surface area contributed by atoms with Gasteiger partial charge in [0.2, 0.25) is 0 Å². The molecule has 0 bridgehead atoms. The number of esters is 1. The van der Waals surface area contributed by atoms with Gasteiger partial charge in [0.25, 0.3) is 5.95 Å². The summed E-state index contributed by atoms with van der Waals surface area (Å²) in [5, 5.41) is 0. The van der Waals surface area contributed by atoms with Crippen molar-refractivity contribution >= 4 is 5.97 Å². The minimum absolute atomic E-state index is 0.259. The first-order valence-corrected chi connectivity index (χ1v) is 4.90. The second kappa shape index (κ2) is 4.84. The molecule has 0 atom stereocenters. The number of hydrogen-bond donors (Lipinski definition) is 0. The lowest BCUT2D eigenvalue weighted by molar-refractivity contribution is -0.135. The molecule has 0 unspecified atom stereocenters. The van der Waals surface area contributed by atoms with Gasteiger partial charge in [-0.25, -0.2) is 0 Å². The number of carbonyl (C=O) groups excluding carboxylic acids is 1. The maximum atomic E-state index is 11.0. The van der Waals surface area contributed by atoms with Gasteiger partial charge in [0.1, 0.15) is 0 Å². The Hall–Kier alpha value is -1.25. The number of ether oxygens (including phenoxy) is 1. The zero-order valence-electron chi connectivity index (χ0n) is 8.87. The predicted octanol–water partition coefficient (Wildman–Crippen LogP) is 2.79. The SMILES string of the molecule is CCC(=O)Oc1occc1CC(C)C. The molecule has 3 heteroatoms. The van der Waals surface area contributed by atoms with E-state index in [0.717, 1.165) is 12.0 Å². The molecule has 78 valence electrons. The molecule has 1 aromatic rings. The van der Waals surface area contributed by atoms with Crippen LogP contribution < -0.4 is 4.74 Å². The first kappa shape index (κ1) is 10.8. The third-order valence-electron chi connectivity index (χ3n) is 1.83. The van der Waals surface area contributed by atoms with Gasteiger partial charge in [-0.3, -0.25) is 4.79 Å². The Kier molecular flexibility index (Phi) is 3.74. The van der Waals surface area contributed by atoms with E-state index in [4.69, 9.17) is 9.15 Å². The number of carbonyl (C=O) groups is 1. The van der Waals surface area contributed by atoms with Crippen LogP contribution in [0.5, 0.6) is 5.95 Å². The smallest absolute Gasteiger partial charge is 0.313 e. The van der Waals surface area contributed by atoms with Crippen molar-refractivity contribution in [1.82, 2.24) is 0 Å². The molecular weight excluding hydrogens is 180 g/mol. The molecule has 0 aliphatic carbocycles. The maximum absolute atomic E-state index is 11.0. The second-order valence-electron chi connectivity index (χ2n) is 3.66. The summed E-state index contributed by atoms with van der Waals surface area (Å²) in [5.41, 5.74) is 0.960. The van der Waals surface area contributed by atoms with Crippen LogP contribution in [-0.2, 0) is 11.2 Å². The Bertz CT molecular complexity index is 299. The molecular formula is C11H16O3. The average molecular weight is 196 g/mol. The number of hydrogen-bond acceptors (Lipinski definition) is 3. The summed E-state index contributed by atoms with van der Waals surface area (Å²) in [6, 6.07) is 1.85. The highest BCUT2D eigenvalue weighted by Gasteiger charge is 2.12. The van der Waals surface area contributed by atoms with Gasteiger partial charge in [-0.05, 0) is 18.4 Å². The van der Waals surface area contributed by atoms with Gasteiger partial charge in [0, 0.05) is 12.0 Å². The maximum Gasteiger partial charge on any atom is 0.313 e. The summed E-state index contributed by atoms with van der Waals surface area (Å²) in [6.07, 6.45) is 2.78. The van der Waals surface area contributed by atoms with E-state index in [9.17, 15) is 4.79 Å². The van der Waals surface area contributed by atoms with Crippen molar-refractivity contribution in [3.8, 4) is 5.95 Å². The summed E-state index contributed by atoms with van der Waals surface area (Å²) in [5.74, 6) is 0.613. The Morgan fingerprint density at radius 3 is 2.86 bits per heavy atom. The molecule has 1 aromatic heterocycles. The summed E-state index contributed by atoms with van der Waals surface area (Å²) in [7, 11) is 0. The van der Waals surface area contributed by atoms with E-state index in [1.807, 2.05) is 6.07 Å². The molecule has 0 fully saturated rings. The highest BCUT2D eigenvalue weighted by Crippen LogP contribution is 2.23. The predicted molar refractivity (Wildman–Crippen MR) is 53.2 cm³/mol. The zero-order valence-corrected chi connectivity index (χ0v) is 8.87. The summed E-state index contributed by atoms with van der Waals surface area (Å²) >= 11 is 0. The van der Waals surface area contributed by atoms with Gasteiger partial charge in [-0.2, -0.15) is 0 Å². The van der Waals surface area contributed by atoms with E-state index in [0.29, 0.717) is 18.3 Å². The molecule has 1 heterocycles. The Balaban J connectivity index is 2.67. The molecule has 0 radical (unpaired) electrons. The van der Waals surface area contributed by atoms with Gasteiger partial charge < -0.3 is 9.15 Å². The lowest BCUT2D eigenvalue weighted by Crippen LogP contribution is -2.06. The van der Waals surface area contributed by atoms with E-state index in [2.05, 4.69) is 13.8 Å². The third kappa shape index (κ3) is 2.91. The monoisotopic (exact) mass is 196 g/mol. The average Bonchev–Trinajstić information content (AvgIpc) is 2.52. The van der Waals surface area contributed by atoms with Crippen LogP contribution in [0.25, 0.3) is 0 Å². The molecule has 0 aromatic carbocycles. The van der Waals surface area contributed by atoms with Gasteiger partial charge >= 0.3 is 5.97 Å². The quantitative estimate of drug-likeness (QED) is 0.695. The van der Waals surface area contributed by atoms with E-state index < -0.39 is 0 Å². The summed E-state index contributed by atoms with van der Waals surface area (Å²) in [6.45, 7) is 5.98. The Labute approximate surface area is 84.1 Å².